The third-order valence-corrected chi connectivity index (χ3v) is 9.08. The number of rotatable bonds is 5. The summed E-state index contributed by atoms with van der Waals surface area (Å²) >= 11 is 0. The molecule has 0 fully saturated rings. The summed E-state index contributed by atoms with van der Waals surface area (Å²) < 4.78 is 6.67. The number of allylic oxidation sites excluding steroid dienone is 3. The van der Waals surface area contributed by atoms with Crippen LogP contribution in [0.4, 0.5) is 5.69 Å². The lowest BCUT2D eigenvalue weighted by Gasteiger charge is -2.20. The Kier molecular flexibility index (Phi) is 6.60. The Balaban J connectivity index is 1.17. The molecule has 0 spiro atoms. The summed E-state index contributed by atoms with van der Waals surface area (Å²) in [5.74, 6) is 3.08. The maximum Gasteiger partial charge on any atom is 0.176 e. The highest BCUT2D eigenvalue weighted by molar-refractivity contribution is 6.13. The zero-order valence-corrected chi connectivity index (χ0v) is 25.5. The van der Waals surface area contributed by atoms with Crippen LogP contribution >= 0.6 is 0 Å². The molecule has 0 saturated heterocycles. The molecule has 7 aromatic rings. The second kappa shape index (κ2) is 11.4. The average molecular weight is 607 g/mol. The number of nitrogens with one attached hydrogen (secondary N) is 1. The maximum absolute atomic E-state index is 6.67. The maximum atomic E-state index is 6.67. The minimum Gasteiger partial charge on any atom is -0.467 e. The molecular formula is C42H30N4O. The number of benzene rings is 6. The fourth-order valence-electron chi connectivity index (χ4n) is 6.61. The van der Waals surface area contributed by atoms with Crippen molar-refractivity contribution in [2.75, 3.05) is 5.32 Å². The number of hydrogen-bond acceptors (Lipinski definition) is 5. The smallest absolute Gasteiger partial charge is 0.176 e. The van der Waals surface area contributed by atoms with Crippen LogP contribution in [-0.2, 0) is 0 Å². The molecule has 6 aromatic carbocycles. The van der Waals surface area contributed by atoms with E-state index in [9.17, 15) is 0 Å². The van der Waals surface area contributed by atoms with Crippen LogP contribution in [0.2, 0.25) is 0 Å². The van der Waals surface area contributed by atoms with Gasteiger partial charge in [-0.2, -0.15) is 0 Å². The zero-order chi connectivity index (χ0) is 31.2. The molecule has 0 radical (unpaired) electrons. The van der Waals surface area contributed by atoms with E-state index in [1.807, 2.05) is 36.4 Å². The fraction of sp³-hybridized carbons (Fsp3) is 0.0714. The minimum absolute atomic E-state index is 0.108. The predicted octanol–water partition coefficient (Wildman–Crippen LogP) is 10.1. The Morgan fingerprint density at radius 2 is 1.13 bits per heavy atom. The molecule has 5 nitrogen and oxygen atoms in total. The first kappa shape index (κ1) is 27.3. The number of aromatic nitrogens is 3. The molecule has 1 aliphatic heterocycles. The lowest BCUT2D eigenvalue weighted by atomic mass is 9.98. The number of fused-ring (bicyclic) bond motifs is 5. The molecule has 224 valence electrons. The van der Waals surface area contributed by atoms with Crippen molar-refractivity contribution in [3.05, 3.63) is 152 Å². The molecule has 0 saturated carbocycles. The van der Waals surface area contributed by atoms with Gasteiger partial charge in [0.2, 0.25) is 0 Å². The van der Waals surface area contributed by atoms with Crippen molar-refractivity contribution < 1.29 is 4.74 Å². The number of hydrogen-bond donors (Lipinski definition) is 1. The first-order valence-electron chi connectivity index (χ1n) is 16.0. The lowest BCUT2D eigenvalue weighted by molar-refractivity contribution is 0.206. The van der Waals surface area contributed by atoms with Gasteiger partial charge in [0.25, 0.3) is 0 Å². The van der Waals surface area contributed by atoms with Crippen molar-refractivity contribution in [1.82, 2.24) is 15.0 Å². The molecule has 5 heteroatoms. The molecule has 47 heavy (non-hydrogen) atoms. The molecule has 0 amide bonds. The second-order valence-corrected chi connectivity index (χ2v) is 12.1. The molecule has 1 aromatic heterocycles. The average Bonchev–Trinajstić information content (AvgIpc) is 3.60. The van der Waals surface area contributed by atoms with E-state index in [0.717, 1.165) is 61.7 Å². The third kappa shape index (κ3) is 5.02. The summed E-state index contributed by atoms with van der Waals surface area (Å²) in [4.78, 5) is 15.0. The van der Waals surface area contributed by atoms with E-state index in [0.29, 0.717) is 17.5 Å². The summed E-state index contributed by atoms with van der Waals surface area (Å²) in [7, 11) is 0. The summed E-state index contributed by atoms with van der Waals surface area (Å²) in [6.45, 7) is 0. The van der Waals surface area contributed by atoms with Crippen LogP contribution in [-0.4, -0.2) is 21.2 Å². The monoisotopic (exact) mass is 606 g/mol. The molecule has 9 rings (SSSR count). The van der Waals surface area contributed by atoms with Crippen LogP contribution < -0.4 is 10.1 Å². The summed E-state index contributed by atoms with van der Waals surface area (Å²) in [6, 6.07) is 44.0. The Bertz CT molecular complexity index is 2330. The van der Waals surface area contributed by atoms with Gasteiger partial charge in [0.15, 0.2) is 29.5 Å². The normalized spacial score (nSPS) is 16.6. The molecule has 1 aliphatic carbocycles. The quantitative estimate of drug-likeness (QED) is 0.198. The van der Waals surface area contributed by atoms with Crippen LogP contribution in [0.25, 0.3) is 66.8 Å². The van der Waals surface area contributed by atoms with E-state index in [-0.39, 0.29) is 12.1 Å². The van der Waals surface area contributed by atoms with Gasteiger partial charge in [-0.25, -0.2) is 15.0 Å². The van der Waals surface area contributed by atoms with E-state index in [1.165, 1.54) is 5.56 Å². The Labute approximate surface area is 273 Å². The van der Waals surface area contributed by atoms with Crippen molar-refractivity contribution >= 4 is 27.2 Å². The van der Waals surface area contributed by atoms with E-state index in [2.05, 4.69) is 121 Å². The second-order valence-electron chi connectivity index (χ2n) is 12.1. The van der Waals surface area contributed by atoms with E-state index in [4.69, 9.17) is 19.7 Å². The van der Waals surface area contributed by atoms with Crippen LogP contribution in [0.1, 0.15) is 6.42 Å². The Morgan fingerprint density at radius 3 is 1.85 bits per heavy atom. The van der Waals surface area contributed by atoms with Gasteiger partial charge in [0.05, 0.1) is 5.69 Å². The van der Waals surface area contributed by atoms with Gasteiger partial charge < -0.3 is 10.1 Å². The molecular weight excluding hydrogens is 576 g/mol. The molecule has 2 unspecified atom stereocenters. The van der Waals surface area contributed by atoms with E-state index < -0.39 is 0 Å². The van der Waals surface area contributed by atoms with Crippen molar-refractivity contribution in [1.29, 1.82) is 0 Å². The number of anilines is 1. The standard InChI is InChI=1S/C42H30N4O/c1-4-10-27(11-5-1)28-16-21-32(22-17-28)40-44-39(31-12-6-2-7-13-31)45-41(46-40)34-23-19-29-18-20-30-24-25-36-38(37(30)35(29)26-34)47-42(43-36)33-14-8-3-9-15-33/h1-14,16-26,33,42-43H,15H2. The highest BCUT2D eigenvalue weighted by atomic mass is 16.5. The van der Waals surface area contributed by atoms with Crippen LogP contribution in [0.3, 0.4) is 0 Å². The van der Waals surface area contributed by atoms with Crippen molar-refractivity contribution in [2.45, 2.75) is 12.6 Å². The largest absolute Gasteiger partial charge is 0.467 e. The number of ether oxygens (including phenoxy) is 1. The summed E-state index contributed by atoms with van der Waals surface area (Å²) in [5, 5.41) is 8.11. The molecule has 2 atom stereocenters. The highest BCUT2D eigenvalue weighted by Crippen LogP contribution is 2.44. The highest BCUT2D eigenvalue weighted by Gasteiger charge is 2.30. The molecule has 0 bridgehead atoms. The minimum atomic E-state index is -0.108. The number of nitrogens with zero attached hydrogens (tertiary/aromatic N) is 3. The first-order chi connectivity index (χ1) is 23.3. The van der Waals surface area contributed by atoms with Crippen LogP contribution in [0, 0.1) is 5.92 Å². The van der Waals surface area contributed by atoms with Gasteiger partial charge in [0, 0.05) is 28.0 Å². The van der Waals surface area contributed by atoms with Gasteiger partial charge in [0.1, 0.15) is 0 Å². The molecule has 2 heterocycles. The van der Waals surface area contributed by atoms with Crippen molar-refractivity contribution in [2.24, 2.45) is 5.92 Å². The van der Waals surface area contributed by atoms with Gasteiger partial charge >= 0.3 is 0 Å². The van der Waals surface area contributed by atoms with Crippen LogP contribution in [0.5, 0.6) is 5.75 Å². The Hall–Kier alpha value is -6.07. The first-order valence-corrected chi connectivity index (χ1v) is 16.0. The van der Waals surface area contributed by atoms with Gasteiger partial charge in [-0.05, 0) is 45.8 Å². The topological polar surface area (TPSA) is 59.9 Å². The molecule has 1 N–H and O–H groups in total. The van der Waals surface area contributed by atoms with Crippen LogP contribution in [0.15, 0.2) is 152 Å². The van der Waals surface area contributed by atoms with E-state index >= 15 is 0 Å². The lowest BCUT2D eigenvalue weighted by Crippen LogP contribution is -2.29. The van der Waals surface area contributed by atoms with Gasteiger partial charge in [-0.15, -0.1) is 0 Å². The predicted molar refractivity (Wildman–Crippen MR) is 191 cm³/mol. The van der Waals surface area contributed by atoms with Gasteiger partial charge in [-0.1, -0.05) is 140 Å². The Morgan fingerprint density at radius 1 is 0.553 bits per heavy atom. The van der Waals surface area contributed by atoms with Crippen molar-refractivity contribution in [3.8, 4) is 51.0 Å². The summed E-state index contributed by atoms with van der Waals surface area (Å²) in [6.07, 6.45) is 9.46. The summed E-state index contributed by atoms with van der Waals surface area (Å²) in [5.41, 5.74) is 6.15. The van der Waals surface area contributed by atoms with Gasteiger partial charge in [-0.3, -0.25) is 0 Å². The van der Waals surface area contributed by atoms with Crippen molar-refractivity contribution in [3.63, 3.8) is 0 Å². The zero-order valence-electron chi connectivity index (χ0n) is 25.5. The van der Waals surface area contributed by atoms with E-state index in [1.54, 1.807) is 0 Å². The SMILES string of the molecule is C1=CCC(C2Nc3ccc4ccc5ccc(-c6nc(-c7ccccc7)nc(-c7ccc(-c8ccccc8)cc7)n6)cc5c4c3O2)C=C1. The molecule has 2 aliphatic rings. The third-order valence-electron chi connectivity index (χ3n) is 9.08. The fourth-order valence-corrected chi connectivity index (χ4v) is 6.61.